The standard InChI is InChI=1S/C12H10FNO2/c1-7-9(4-5-16-7)12(15)8-2-3-11(14)10(13)6-8/h2-6H,14H2,1H3. The van der Waals surface area contributed by atoms with Crippen LogP contribution in [0.4, 0.5) is 10.1 Å². The molecule has 1 heterocycles. The SMILES string of the molecule is Cc1occc1C(=O)c1ccc(N)c(F)c1. The lowest BCUT2D eigenvalue weighted by atomic mass is 10.0. The first-order valence-corrected chi connectivity index (χ1v) is 4.73. The van der Waals surface area contributed by atoms with Crippen LogP contribution >= 0.6 is 0 Å². The normalized spacial score (nSPS) is 10.4. The van der Waals surface area contributed by atoms with Gasteiger partial charge in [0.2, 0.25) is 0 Å². The number of rotatable bonds is 2. The fourth-order valence-corrected chi connectivity index (χ4v) is 1.44. The molecule has 2 aromatic rings. The molecule has 0 saturated heterocycles. The van der Waals surface area contributed by atoms with E-state index < -0.39 is 5.82 Å². The number of carbonyl (C=O) groups is 1. The number of furan rings is 1. The minimum Gasteiger partial charge on any atom is -0.469 e. The van der Waals surface area contributed by atoms with E-state index in [2.05, 4.69) is 0 Å². The minimum atomic E-state index is -0.591. The lowest BCUT2D eigenvalue weighted by molar-refractivity contribution is 0.103. The van der Waals surface area contributed by atoms with Crippen LogP contribution in [0, 0.1) is 12.7 Å². The number of nitrogen functional groups attached to an aromatic ring is 1. The summed E-state index contributed by atoms with van der Waals surface area (Å²) < 4.78 is 18.2. The highest BCUT2D eigenvalue weighted by Gasteiger charge is 2.14. The second kappa shape index (κ2) is 3.81. The number of benzene rings is 1. The van der Waals surface area contributed by atoms with Crippen LogP contribution < -0.4 is 5.73 Å². The van der Waals surface area contributed by atoms with Gasteiger partial charge in [0.1, 0.15) is 11.6 Å². The van der Waals surface area contributed by atoms with Crippen LogP contribution in [0.3, 0.4) is 0 Å². The number of anilines is 1. The van der Waals surface area contributed by atoms with Crippen molar-refractivity contribution in [2.24, 2.45) is 0 Å². The molecule has 82 valence electrons. The summed E-state index contributed by atoms with van der Waals surface area (Å²) in [6.07, 6.45) is 1.43. The second-order valence-electron chi connectivity index (χ2n) is 3.46. The van der Waals surface area contributed by atoms with Crippen LogP contribution in [0.25, 0.3) is 0 Å². The molecule has 0 saturated carbocycles. The fourth-order valence-electron chi connectivity index (χ4n) is 1.44. The summed E-state index contributed by atoms with van der Waals surface area (Å²) in [6, 6.07) is 5.56. The third-order valence-corrected chi connectivity index (χ3v) is 2.37. The van der Waals surface area contributed by atoms with Gasteiger partial charge in [-0.25, -0.2) is 4.39 Å². The lowest BCUT2D eigenvalue weighted by Gasteiger charge is -2.01. The van der Waals surface area contributed by atoms with E-state index >= 15 is 0 Å². The third-order valence-electron chi connectivity index (χ3n) is 2.37. The quantitative estimate of drug-likeness (QED) is 0.623. The molecule has 16 heavy (non-hydrogen) atoms. The molecule has 0 fully saturated rings. The van der Waals surface area contributed by atoms with Crippen LogP contribution in [0.15, 0.2) is 34.9 Å². The highest BCUT2D eigenvalue weighted by Crippen LogP contribution is 2.18. The zero-order chi connectivity index (χ0) is 11.7. The maximum Gasteiger partial charge on any atom is 0.196 e. The summed E-state index contributed by atoms with van der Waals surface area (Å²) in [5.41, 5.74) is 6.06. The van der Waals surface area contributed by atoms with Crippen LogP contribution in [-0.4, -0.2) is 5.78 Å². The van der Waals surface area contributed by atoms with Gasteiger partial charge in [0.25, 0.3) is 0 Å². The number of halogens is 1. The molecule has 0 unspecified atom stereocenters. The Morgan fingerprint density at radius 2 is 2.12 bits per heavy atom. The Labute approximate surface area is 91.7 Å². The van der Waals surface area contributed by atoms with Crippen molar-refractivity contribution in [1.82, 2.24) is 0 Å². The molecule has 0 aliphatic carbocycles. The second-order valence-corrected chi connectivity index (χ2v) is 3.46. The van der Waals surface area contributed by atoms with Gasteiger partial charge < -0.3 is 10.2 Å². The Balaban J connectivity index is 2.42. The van der Waals surface area contributed by atoms with Crippen molar-refractivity contribution in [3.8, 4) is 0 Å². The Bertz CT molecular complexity index is 546. The molecule has 1 aromatic carbocycles. The third kappa shape index (κ3) is 1.69. The number of ketones is 1. The molecule has 0 aliphatic heterocycles. The van der Waals surface area contributed by atoms with Crippen LogP contribution in [0.5, 0.6) is 0 Å². The average Bonchev–Trinajstić information content (AvgIpc) is 2.67. The molecule has 2 rings (SSSR count). The summed E-state index contributed by atoms with van der Waals surface area (Å²) in [7, 11) is 0. The zero-order valence-corrected chi connectivity index (χ0v) is 8.66. The van der Waals surface area contributed by atoms with Crippen molar-refractivity contribution >= 4 is 11.5 Å². The number of hydrogen-bond donors (Lipinski definition) is 1. The molecule has 0 amide bonds. The van der Waals surface area contributed by atoms with Crippen LogP contribution in [-0.2, 0) is 0 Å². The number of aryl methyl sites for hydroxylation is 1. The van der Waals surface area contributed by atoms with Gasteiger partial charge in [-0.2, -0.15) is 0 Å². The predicted molar refractivity (Wildman–Crippen MR) is 57.7 cm³/mol. The molecule has 0 aliphatic rings. The molecule has 0 radical (unpaired) electrons. The molecular formula is C12H10FNO2. The number of carbonyl (C=O) groups excluding carboxylic acids is 1. The van der Waals surface area contributed by atoms with Gasteiger partial charge in [0.05, 0.1) is 17.5 Å². The molecule has 4 heteroatoms. The van der Waals surface area contributed by atoms with Gasteiger partial charge in [-0.3, -0.25) is 4.79 Å². The maximum absolute atomic E-state index is 13.2. The van der Waals surface area contributed by atoms with E-state index in [0.29, 0.717) is 11.3 Å². The minimum absolute atomic E-state index is 0.0282. The molecule has 0 spiro atoms. The zero-order valence-electron chi connectivity index (χ0n) is 8.66. The topological polar surface area (TPSA) is 56.2 Å². The average molecular weight is 219 g/mol. The highest BCUT2D eigenvalue weighted by molar-refractivity contribution is 6.09. The van der Waals surface area contributed by atoms with Gasteiger partial charge in [-0.05, 0) is 31.2 Å². The van der Waals surface area contributed by atoms with Crippen molar-refractivity contribution in [1.29, 1.82) is 0 Å². The van der Waals surface area contributed by atoms with E-state index in [1.807, 2.05) is 0 Å². The fraction of sp³-hybridized carbons (Fsp3) is 0.0833. The molecule has 0 bridgehead atoms. The van der Waals surface area contributed by atoms with Crippen molar-refractivity contribution in [3.05, 3.63) is 53.2 Å². The van der Waals surface area contributed by atoms with Crippen molar-refractivity contribution in [2.45, 2.75) is 6.92 Å². The summed E-state index contributed by atoms with van der Waals surface area (Å²) in [5.74, 6) is -0.348. The number of hydrogen-bond acceptors (Lipinski definition) is 3. The molecule has 1 aromatic heterocycles. The van der Waals surface area contributed by atoms with Crippen LogP contribution in [0.2, 0.25) is 0 Å². The van der Waals surface area contributed by atoms with E-state index in [-0.39, 0.29) is 17.0 Å². The van der Waals surface area contributed by atoms with E-state index in [9.17, 15) is 9.18 Å². The van der Waals surface area contributed by atoms with Gasteiger partial charge >= 0.3 is 0 Å². The Kier molecular flexibility index (Phi) is 2.48. The summed E-state index contributed by atoms with van der Waals surface area (Å²) in [5, 5.41) is 0. The smallest absolute Gasteiger partial charge is 0.196 e. The summed E-state index contributed by atoms with van der Waals surface area (Å²) in [4.78, 5) is 11.9. The largest absolute Gasteiger partial charge is 0.469 e. The van der Waals surface area contributed by atoms with Gasteiger partial charge in [0, 0.05) is 5.56 Å². The van der Waals surface area contributed by atoms with Crippen molar-refractivity contribution in [3.63, 3.8) is 0 Å². The van der Waals surface area contributed by atoms with Crippen molar-refractivity contribution < 1.29 is 13.6 Å². The molecule has 2 N–H and O–H groups in total. The molecule has 3 nitrogen and oxygen atoms in total. The summed E-state index contributed by atoms with van der Waals surface area (Å²) in [6.45, 7) is 1.68. The maximum atomic E-state index is 13.2. The Morgan fingerprint density at radius 1 is 1.38 bits per heavy atom. The Hall–Kier alpha value is -2.10. The Morgan fingerprint density at radius 3 is 2.69 bits per heavy atom. The monoisotopic (exact) mass is 219 g/mol. The van der Waals surface area contributed by atoms with E-state index in [1.165, 1.54) is 18.4 Å². The van der Waals surface area contributed by atoms with Crippen LogP contribution in [0.1, 0.15) is 21.7 Å². The predicted octanol–water partition coefficient (Wildman–Crippen LogP) is 2.54. The van der Waals surface area contributed by atoms with Gasteiger partial charge in [-0.1, -0.05) is 0 Å². The van der Waals surface area contributed by atoms with Crippen molar-refractivity contribution in [2.75, 3.05) is 5.73 Å². The van der Waals surface area contributed by atoms with E-state index in [0.717, 1.165) is 6.07 Å². The summed E-state index contributed by atoms with van der Waals surface area (Å²) >= 11 is 0. The van der Waals surface area contributed by atoms with Gasteiger partial charge in [-0.15, -0.1) is 0 Å². The van der Waals surface area contributed by atoms with Gasteiger partial charge in [0.15, 0.2) is 5.78 Å². The van der Waals surface area contributed by atoms with E-state index in [4.69, 9.17) is 10.2 Å². The highest BCUT2D eigenvalue weighted by atomic mass is 19.1. The molecule has 0 atom stereocenters. The number of nitrogens with two attached hydrogens (primary N) is 1. The molecular weight excluding hydrogens is 209 g/mol. The van der Waals surface area contributed by atoms with E-state index in [1.54, 1.807) is 13.0 Å². The lowest BCUT2D eigenvalue weighted by Crippen LogP contribution is -2.03. The first-order chi connectivity index (χ1) is 7.59. The first-order valence-electron chi connectivity index (χ1n) is 4.73. The first kappa shape index (κ1) is 10.4.